The molecule has 0 aliphatic carbocycles. The number of anilines is 2. The Kier molecular flexibility index (Phi) is 7.83. The van der Waals surface area contributed by atoms with E-state index < -0.39 is 15.9 Å². The summed E-state index contributed by atoms with van der Waals surface area (Å²) >= 11 is 6.12. The average Bonchev–Trinajstić information content (AvgIpc) is 3.41. The molecule has 0 aromatic heterocycles. The molecule has 9 heteroatoms. The maximum atomic E-state index is 13.5. The lowest BCUT2D eigenvalue weighted by Gasteiger charge is -2.24. The molecule has 1 heterocycles. The Balaban J connectivity index is 1.49. The highest BCUT2D eigenvalue weighted by Crippen LogP contribution is 2.27. The maximum Gasteiger partial charge on any atom is 0.264 e. The zero-order valence-electron chi connectivity index (χ0n) is 19.5. The Bertz CT molecular complexity index is 1260. The molecular formula is C26H28ClN3O4S. The van der Waals surface area contributed by atoms with Gasteiger partial charge in [-0.25, -0.2) is 8.42 Å². The van der Waals surface area contributed by atoms with Crippen LogP contribution in [0.1, 0.15) is 18.4 Å². The van der Waals surface area contributed by atoms with Gasteiger partial charge >= 0.3 is 0 Å². The zero-order valence-corrected chi connectivity index (χ0v) is 21.1. The summed E-state index contributed by atoms with van der Waals surface area (Å²) in [5, 5.41) is 3.20. The third-order valence-electron chi connectivity index (χ3n) is 5.93. The SMILES string of the molecule is COc1ccc(S(=O)(=O)N(CC(=O)NCc2ccc(N3CCCC3)cc2)c2cccc(Cl)c2)cc1. The molecule has 0 spiro atoms. The van der Waals surface area contributed by atoms with E-state index in [1.807, 2.05) is 12.1 Å². The minimum Gasteiger partial charge on any atom is -0.497 e. The molecule has 1 amide bonds. The van der Waals surface area contributed by atoms with Gasteiger partial charge in [0.2, 0.25) is 5.91 Å². The highest BCUT2D eigenvalue weighted by Gasteiger charge is 2.27. The molecule has 0 unspecified atom stereocenters. The molecule has 0 radical (unpaired) electrons. The lowest BCUT2D eigenvalue weighted by Crippen LogP contribution is -2.40. The number of carbonyl (C=O) groups excluding carboxylic acids is 1. The van der Waals surface area contributed by atoms with Crippen LogP contribution in [0, 0.1) is 0 Å². The van der Waals surface area contributed by atoms with E-state index in [0.717, 1.165) is 23.0 Å². The molecule has 35 heavy (non-hydrogen) atoms. The van der Waals surface area contributed by atoms with Gasteiger partial charge in [-0.3, -0.25) is 9.10 Å². The zero-order chi connectivity index (χ0) is 24.8. The summed E-state index contributed by atoms with van der Waals surface area (Å²) in [5.74, 6) is 0.109. The minimum atomic E-state index is -4.04. The van der Waals surface area contributed by atoms with Crippen molar-refractivity contribution >= 4 is 38.9 Å². The van der Waals surface area contributed by atoms with Gasteiger partial charge in [0, 0.05) is 30.3 Å². The number of benzene rings is 3. The highest BCUT2D eigenvalue weighted by atomic mass is 35.5. The van der Waals surface area contributed by atoms with Crippen molar-refractivity contribution < 1.29 is 17.9 Å². The van der Waals surface area contributed by atoms with Crippen LogP contribution in [-0.4, -0.2) is 41.1 Å². The molecule has 1 aliphatic rings. The van der Waals surface area contributed by atoms with Gasteiger partial charge in [0.25, 0.3) is 10.0 Å². The molecule has 7 nitrogen and oxygen atoms in total. The summed E-state index contributed by atoms with van der Waals surface area (Å²) in [4.78, 5) is 15.2. The van der Waals surface area contributed by atoms with E-state index in [0.29, 0.717) is 23.0 Å². The summed E-state index contributed by atoms with van der Waals surface area (Å²) in [6.07, 6.45) is 2.42. The predicted molar refractivity (Wildman–Crippen MR) is 139 cm³/mol. The van der Waals surface area contributed by atoms with Crippen LogP contribution in [0.5, 0.6) is 5.75 Å². The molecule has 0 saturated carbocycles. The number of hydrogen-bond acceptors (Lipinski definition) is 5. The van der Waals surface area contributed by atoms with E-state index in [1.165, 1.54) is 43.8 Å². The van der Waals surface area contributed by atoms with E-state index in [2.05, 4.69) is 22.3 Å². The van der Waals surface area contributed by atoms with E-state index >= 15 is 0 Å². The highest BCUT2D eigenvalue weighted by molar-refractivity contribution is 7.92. The maximum absolute atomic E-state index is 13.5. The van der Waals surface area contributed by atoms with E-state index in [1.54, 1.807) is 30.3 Å². The van der Waals surface area contributed by atoms with Crippen molar-refractivity contribution in [2.45, 2.75) is 24.3 Å². The Morgan fingerprint density at radius 1 is 1.03 bits per heavy atom. The Hall–Kier alpha value is -3.23. The first-order valence-electron chi connectivity index (χ1n) is 11.4. The van der Waals surface area contributed by atoms with Crippen LogP contribution in [0.25, 0.3) is 0 Å². The topological polar surface area (TPSA) is 79.0 Å². The number of rotatable bonds is 9. The normalized spacial score (nSPS) is 13.5. The molecule has 184 valence electrons. The van der Waals surface area contributed by atoms with Crippen LogP contribution in [0.4, 0.5) is 11.4 Å². The third-order valence-corrected chi connectivity index (χ3v) is 7.95. The van der Waals surface area contributed by atoms with Crippen molar-refractivity contribution in [3.63, 3.8) is 0 Å². The molecule has 1 aliphatic heterocycles. The standard InChI is InChI=1S/C26H28ClN3O4S/c1-34-24-11-13-25(14-12-24)35(32,33)30(23-6-4-5-21(27)17-23)19-26(31)28-18-20-7-9-22(10-8-20)29-15-2-3-16-29/h4-14,17H,2-3,15-16,18-19H2,1H3,(H,28,31). The molecule has 4 rings (SSSR count). The van der Waals surface area contributed by atoms with Crippen molar-refractivity contribution in [3.05, 3.63) is 83.4 Å². The van der Waals surface area contributed by atoms with E-state index in [9.17, 15) is 13.2 Å². The van der Waals surface area contributed by atoms with Crippen LogP contribution >= 0.6 is 11.6 Å². The lowest BCUT2D eigenvalue weighted by molar-refractivity contribution is -0.119. The largest absolute Gasteiger partial charge is 0.497 e. The summed E-state index contributed by atoms with van der Waals surface area (Å²) in [5.41, 5.74) is 2.42. The van der Waals surface area contributed by atoms with Gasteiger partial charge in [-0.15, -0.1) is 0 Å². The summed E-state index contributed by atoms with van der Waals surface area (Å²) in [6, 6.07) is 20.5. The van der Waals surface area contributed by atoms with Gasteiger partial charge < -0.3 is 15.0 Å². The monoisotopic (exact) mass is 513 g/mol. The number of hydrogen-bond donors (Lipinski definition) is 1. The van der Waals surface area contributed by atoms with Gasteiger partial charge in [-0.1, -0.05) is 29.8 Å². The molecular weight excluding hydrogens is 486 g/mol. The molecule has 3 aromatic carbocycles. The third kappa shape index (κ3) is 6.07. The number of amides is 1. The fourth-order valence-electron chi connectivity index (χ4n) is 4.01. The van der Waals surface area contributed by atoms with E-state index in [-0.39, 0.29) is 11.4 Å². The second-order valence-corrected chi connectivity index (χ2v) is 10.6. The second-order valence-electron chi connectivity index (χ2n) is 8.30. The number of nitrogens with one attached hydrogen (secondary N) is 1. The van der Waals surface area contributed by atoms with Crippen LogP contribution in [-0.2, 0) is 21.4 Å². The van der Waals surface area contributed by atoms with Crippen molar-refractivity contribution in [1.82, 2.24) is 5.32 Å². The molecule has 0 atom stereocenters. The van der Waals surface area contributed by atoms with Crippen molar-refractivity contribution in [2.24, 2.45) is 0 Å². The number of halogens is 1. The van der Waals surface area contributed by atoms with Gasteiger partial charge in [-0.2, -0.15) is 0 Å². The Morgan fingerprint density at radius 2 is 1.71 bits per heavy atom. The molecule has 1 saturated heterocycles. The summed E-state index contributed by atoms with van der Waals surface area (Å²) in [7, 11) is -2.53. The van der Waals surface area contributed by atoms with E-state index in [4.69, 9.17) is 16.3 Å². The first-order valence-corrected chi connectivity index (χ1v) is 13.2. The molecule has 1 fully saturated rings. The number of ether oxygens (including phenoxy) is 1. The number of nitrogens with zero attached hydrogens (tertiary/aromatic N) is 2. The molecule has 0 bridgehead atoms. The minimum absolute atomic E-state index is 0.0450. The summed E-state index contributed by atoms with van der Waals surface area (Å²) < 4.78 is 33.1. The Labute approximate surface area is 211 Å². The lowest BCUT2D eigenvalue weighted by atomic mass is 10.2. The molecule has 1 N–H and O–H groups in total. The number of methoxy groups -OCH3 is 1. The van der Waals surface area contributed by atoms with Gasteiger partial charge in [-0.05, 0) is 73.0 Å². The van der Waals surface area contributed by atoms with Gasteiger partial charge in [0.1, 0.15) is 12.3 Å². The quantitative estimate of drug-likeness (QED) is 0.457. The Morgan fingerprint density at radius 3 is 2.34 bits per heavy atom. The van der Waals surface area contributed by atoms with Gasteiger partial charge in [0.05, 0.1) is 17.7 Å². The number of carbonyl (C=O) groups is 1. The van der Waals surface area contributed by atoms with Crippen molar-refractivity contribution in [3.8, 4) is 5.75 Å². The predicted octanol–water partition coefficient (Wildman–Crippen LogP) is 4.46. The fourth-order valence-corrected chi connectivity index (χ4v) is 5.61. The van der Waals surface area contributed by atoms with Gasteiger partial charge in [0.15, 0.2) is 0 Å². The second kappa shape index (κ2) is 11.0. The first kappa shape index (κ1) is 24.9. The van der Waals surface area contributed by atoms with Crippen molar-refractivity contribution in [2.75, 3.05) is 35.9 Å². The number of sulfonamides is 1. The van der Waals surface area contributed by atoms with Crippen LogP contribution in [0.2, 0.25) is 5.02 Å². The average molecular weight is 514 g/mol. The van der Waals surface area contributed by atoms with Crippen molar-refractivity contribution in [1.29, 1.82) is 0 Å². The smallest absolute Gasteiger partial charge is 0.264 e. The van der Waals surface area contributed by atoms with Crippen LogP contribution < -0.4 is 19.3 Å². The van der Waals surface area contributed by atoms with Crippen LogP contribution in [0.3, 0.4) is 0 Å². The first-order chi connectivity index (χ1) is 16.9. The van der Waals surface area contributed by atoms with Crippen LogP contribution in [0.15, 0.2) is 77.7 Å². The molecule has 3 aromatic rings. The fraction of sp³-hybridized carbons (Fsp3) is 0.269. The summed E-state index contributed by atoms with van der Waals surface area (Å²) in [6.45, 7) is 2.04.